The van der Waals surface area contributed by atoms with Gasteiger partial charge < -0.3 is 10.6 Å². The van der Waals surface area contributed by atoms with E-state index in [2.05, 4.69) is 28.6 Å². The highest BCUT2D eigenvalue weighted by Crippen LogP contribution is 2.26. The lowest BCUT2D eigenvalue weighted by Gasteiger charge is -2.30. The first kappa shape index (κ1) is 16.4. The number of nitrogens with one attached hydrogen (secondary N) is 2. The van der Waals surface area contributed by atoms with Crippen molar-refractivity contribution in [2.24, 2.45) is 10.9 Å². The molecule has 2 N–H and O–H groups in total. The smallest absolute Gasteiger partial charge is 0.191 e. The van der Waals surface area contributed by atoms with Crippen molar-refractivity contribution in [2.45, 2.75) is 51.6 Å². The Morgan fingerprint density at radius 1 is 1.41 bits per heavy atom. The molecule has 0 heterocycles. The highest BCUT2D eigenvalue weighted by molar-refractivity contribution is 5.79. The van der Waals surface area contributed by atoms with E-state index in [0.717, 1.165) is 17.4 Å². The topological polar surface area (TPSA) is 60.2 Å². The second-order valence-corrected chi connectivity index (χ2v) is 6.02. The zero-order valence-electron chi connectivity index (χ0n) is 13.6. The van der Waals surface area contributed by atoms with Gasteiger partial charge in [-0.05, 0) is 36.5 Å². The molecule has 0 spiro atoms. The molecule has 1 fully saturated rings. The molecule has 4 heteroatoms. The number of benzene rings is 1. The van der Waals surface area contributed by atoms with E-state index in [0.29, 0.717) is 18.2 Å². The Morgan fingerprint density at radius 2 is 2.27 bits per heavy atom. The van der Waals surface area contributed by atoms with Crippen molar-refractivity contribution in [2.75, 3.05) is 7.05 Å². The molecule has 0 radical (unpaired) electrons. The van der Waals surface area contributed by atoms with Gasteiger partial charge in [-0.1, -0.05) is 38.3 Å². The van der Waals surface area contributed by atoms with Crippen LogP contribution < -0.4 is 10.6 Å². The minimum Gasteiger partial charge on any atom is -0.354 e. The first-order valence-electron chi connectivity index (χ1n) is 8.21. The zero-order valence-corrected chi connectivity index (χ0v) is 13.6. The molecular weight excluding hydrogens is 272 g/mol. The van der Waals surface area contributed by atoms with Gasteiger partial charge in [0.05, 0.1) is 11.6 Å². The van der Waals surface area contributed by atoms with Gasteiger partial charge in [-0.3, -0.25) is 4.99 Å². The van der Waals surface area contributed by atoms with E-state index >= 15 is 0 Å². The number of nitriles is 1. The van der Waals surface area contributed by atoms with Crippen LogP contribution in [0.5, 0.6) is 0 Å². The molecule has 2 atom stereocenters. The first-order valence-corrected chi connectivity index (χ1v) is 8.21. The molecule has 1 aliphatic rings. The van der Waals surface area contributed by atoms with Gasteiger partial charge in [0.15, 0.2) is 5.96 Å². The monoisotopic (exact) mass is 298 g/mol. The molecule has 22 heavy (non-hydrogen) atoms. The predicted octanol–water partition coefficient (Wildman–Crippen LogP) is 3.19. The van der Waals surface area contributed by atoms with Gasteiger partial charge in [-0.2, -0.15) is 5.26 Å². The van der Waals surface area contributed by atoms with Crippen LogP contribution in [-0.4, -0.2) is 19.0 Å². The molecule has 0 aromatic heterocycles. The van der Waals surface area contributed by atoms with Crippen LogP contribution in [0.1, 0.15) is 50.2 Å². The van der Waals surface area contributed by atoms with Crippen LogP contribution in [-0.2, 0) is 6.54 Å². The Morgan fingerprint density at radius 3 is 3.00 bits per heavy atom. The Hall–Kier alpha value is -2.02. The Labute approximate surface area is 133 Å². The Bertz CT molecular complexity index is 544. The van der Waals surface area contributed by atoms with E-state index in [1.807, 2.05) is 24.3 Å². The maximum atomic E-state index is 8.94. The van der Waals surface area contributed by atoms with Gasteiger partial charge in [0.2, 0.25) is 0 Å². The molecule has 0 bridgehead atoms. The lowest BCUT2D eigenvalue weighted by Crippen LogP contribution is -2.45. The molecule has 0 saturated heterocycles. The van der Waals surface area contributed by atoms with E-state index in [-0.39, 0.29) is 0 Å². The molecular formula is C18H26N4. The molecule has 1 saturated carbocycles. The minimum absolute atomic E-state index is 0.523. The maximum absolute atomic E-state index is 8.94. The zero-order chi connectivity index (χ0) is 15.8. The summed E-state index contributed by atoms with van der Waals surface area (Å²) in [6, 6.07) is 10.4. The van der Waals surface area contributed by atoms with Gasteiger partial charge in [0.25, 0.3) is 0 Å². The van der Waals surface area contributed by atoms with Gasteiger partial charge >= 0.3 is 0 Å². The highest BCUT2D eigenvalue weighted by Gasteiger charge is 2.21. The van der Waals surface area contributed by atoms with Crippen molar-refractivity contribution in [1.82, 2.24) is 10.6 Å². The SMILES string of the molecule is CCC1CCCC(NC(=NC)NCc2cccc(C#N)c2)C1. The fraction of sp³-hybridized carbons (Fsp3) is 0.556. The molecule has 0 aliphatic heterocycles. The van der Waals surface area contributed by atoms with Crippen LogP contribution in [0.15, 0.2) is 29.3 Å². The maximum Gasteiger partial charge on any atom is 0.191 e. The van der Waals surface area contributed by atoms with Crippen LogP contribution >= 0.6 is 0 Å². The van der Waals surface area contributed by atoms with E-state index < -0.39 is 0 Å². The van der Waals surface area contributed by atoms with Crippen LogP contribution in [0.4, 0.5) is 0 Å². The average Bonchev–Trinajstić information content (AvgIpc) is 2.58. The fourth-order valence-electron chi connectivity index (χ4n) is 3.12. The fourth-order valence-corrected chi connectivity index (χ4v) is 3.12. The predicted molar refractivity (Wildman–Crippen MR) is 90.5 cm³/mol. The lowest BCUT2D eigenvalue weighted by atomic mass is 9.84. The van der Waals surface area contributed by atoms with Gasteiger partial charge in [-0.25, -0.2) is 0 Å². The number of guanidine groups is 1. The molecule has 2 unspecified atom stereocenters. The van der Waals surface area contributed by atoms with E-state index in [4.69, 9.17) is 5.26 Å². The number of hydrogen-bond acceptors (Lipinski definition) is 2. The summed E-state index contributed by atoms with van der Waals surface area (Å²) in [7, 11) is 1.81. The van der Waals surface area contributed by atoms with Crippen LogP contribution in [0.3, 0.4) is 0 Å². The molecule has 1 aromatic carbocycles. The van der Waals surface area contributed by atoms with Crippen molar-refractivity contribution in [1.29, 1.82) is 5.26 Å². The standard InChI is InChI=1S/C18H26N4/c1-3-14-6-5-9-17(11-14)22-18(20-2)21-13-16-8-4-7-15(10-16)12-19/h4,7-8,10,14,17H,3,5-6,9,11,13H2,1-2H3,(H2,20,21,22). The number of hydrogen-bond donors (Lipinski definition) is 2. The van der Waals surface area contributed by atoms with Crippen molar-refractivity contribution in [3.8, 4) is 6.07 Å². The highest BCUT2D eigenvalue weighted by atomic mass is 15.2. The van der Waals surface area contributed by atoms with Crippen LogP contribution in [0, 0.1) is 17.2 Å². The van der Waals surface area contributed by atoms with Crippen LogP contribution in [0.25, 0.3) is 0 Å². The summed E-state index contributed by atoms with van der Waals surface area (Å²) >= 11 is 0. The molecule has 4 nitrogen and oxygen atoms in total. The van der Waals surface area contributed by atoms with E-state index in [9.17, 15) is 0 Å². The molecule has 118 valence electrons. The van der Waals surface area contributed by atoms with Gasteiger partial charge in [-0.15, -0.1) is 0 Å². The van der Waals surface area contributed by atoms with Crippen molar-refractivity contribution >= 4 is 5.96 Å². The summed E-state index contributed by atoms with van der Waals surface area (Å²) in [5, 5.41) is 15.8. The van der Waals surface area contributed by atoms with Crippen molar-refractivity contribution in [3.05, 3.63) is 35.4 Å². The number of rotatable bonds is 4. The third kappa shape index (κ3) is 4.77. The first-order chi connectivity index (χ1) is 10.7. The summed E-state index contributed by atoms with van der Waals surface area (Å²) < 4.78 is 0. The lowest BCUT2D eigenvalue weighted by molar-refractivity contribution is 0.298. The van der Waals surface area contributed by atoms with Crippen molar-refractivity contribution < 1.29 is 0 Å². The summed E-state index contributed by atoms with van der Waals surface area (Å²) in [6.07, 6.45) is 6.40. The van der Waals surface area contributed by atoms with E-state index in [1.165, 1.54) is 32.1 Å². The quantitative estimate of drug-likeness (QED) is 0.663. The second kappa shape index (κ2) is 8.43. The number of aliphatic imine (C=N–C) groups is 1. The van der Waals surface area contributed by atoms with Gasteiger partial charge in [0, 0.05) is 19.6 Å². The largest absolute Gasteiger partial charge is 0.354 e. The molecule has 0 amide bonds. The summed E-state index contributed by atoms with van der Waals surface area (Å²) in [6.45, 7) is 2.96. The third-order valence-electron chi connectivity index (χ3n) is 4.44. The van der Waals surface area contributed by atoms with Crippen molar-refractivity contribution in [3.63, 3.8) is 0 Å². The summed E-state index contributed by atoms with van der Waals surface area (Å²) in [5.41, 5.74) is 1.79. The Kier molecular flexibility index (Phi) is 6.27. The average molecular weight is 298 g/mol. The van der Waals surface area contributed by atoms with Crippen LogP contribution in [0.2, 0.25) is 0 Å². The second-order valence-electron chi connectivity index (χ2n) is 6.02. The third-order valence-corrected chi connectivity index (χ3v) is 4.44. The van der Waals surface area contributed by atoms with E-state index in [1.54, 1.807) is 7.05 Å². The molecule has 1 aliphatic carbocycles. The van der Waals surface area contributed by atoms with Gasteiger partial charge in [0.1, 0.15) is 0 Å². The normalized spacial score (nSPS) is 22.0. The summed E-state index contributed by atoms with van der Waals surface area (Å²) in [5.74, 6) is 1.70. The Balaban J connectivity index is 1.86. The summed E-state index contributed by atoms with van der Waals surface area (Å²) in [4.78, 5) is 4.32. The minimum atomic E-state index is 0.523. The number of nitrogens with zero attached hydrogens (tertiary/aromatic N) is 2. The molecule has 2 rings (SSSR count). The molecule has 1 aromatic rings.